The van der Waals surface area contributed by atoms with E-state index in [1.165, 1.54) is 23.9 Å². The van der Waals surface area contributed by atoms with Crippen LogP contribution in [0, 0.1) is 5.82 Å². The molecule has 0 fully saturated rings. The van der Waals surface area contributed by atoms with E-state index in [2.05, 4.69) is 9.97 Å². The number of hydrogen-bond donors (Lipinski definition) is 0. The lowest BCUT2D eigenvalue weighted by Crippen LogP contribution is -1.86. The average Bonchev–Trinajstić information content (AvgIpc) is 2.41. The highest BCUT2D eigenvalue weighted by molar-refractivity contribution is 7.99. The minimum atomic E-state index is -0.232. The zero-order valence-electron chi connectivity index (χ0n) is 9.38. The Morgan fingerprint density at radius 1 is 0.889 bits per heavy atom. The summed E-state index contributed by atoms with van der Waals surface area (Å²) in [7, 11) is 0. The molecule has 2 nitrogen and oxygen atoms in total. The maximum Gasteiger partial charge on any atom is 0.123 e. The van der Waals surface area contributed by atoms with Crippen molar-refractivity contribution in [3.8, 4) is 0 Å². The summed E-state index contributed by atoms with van der Waals surface area (Å²) in [6, 6.07) is 14.1. The van der Waals surface area contributed by atoms with Gasteiger partial charge in [0.05, 0.1) is 17.2 Å². The average molecular weight is 256 g/mol. The van der Waals surface area contributed by atoms with Gasteiger partial charge in [0.15, 0.2) is 0 Å². The predicted molar refractivity (Wildman–Crippen MR) is 70.1 cm³/mol. The summed E-state index contributed by atoms with van der Waals surface area (Å²) >= 11 is 1.47. The molecule has 0 atom stereocenters. The maximum atomic E-state index is 12.8. The molecule has 0 aliphatic carbocycles. The van der Waals surface area contributed by atoms with Crippen molar-refractivity contribution in [2.45, 2.75) is 9.92 Å². The van der Waals surface area contributed by atoms with Crippen LogP contribution in [0.4, 0.5) is 4.39 Å². The number of benzene rings is 2. The normalized spacial score (nSPS) is 10.7. The molecule has 1 heterocycles. The van der Waals surface area contributed by atoms with Gasteiger partial charge in [-0.05, 0) is 36.4 Å². The van der Waals surface area contributed by atoms with Gasteiger partial charge in [-0.2, -0.15) is 0 Å². The van der Waals surface area contributed by atoms with E-state index in [1.54, 1.807) is 18.3 Å². The third-order valence-electron chi connectivity index (χ3n) is 2.46. The molecule has 1 aromatic heterocycles. The van der Waals surface area contributed by atoms with E-state index in [-0.39, 0.29) is 5.82 Å². The van der Waals surface area contributed by atoms with Crippen LogP contribution in [0.15, 0.2) is 64.6 Å². The maximum absolute atomic E-state index is 12.8. The van der Waals surface area contributed by atoms with E-state index < -0.39 is 0 Å². The molecule has 0 saturated heterocycles. The zero-order chi connectivity index (χ0) is 12.4. The lowest BCUT2D eigenvalue weighted by atomic mass is 10.3. The first-order chi connectivity index (χ1) is 8.81. The number of para-hydroxylation sites is 2. The minimum Gasteiger partial charge on any atom is -0.252 e. The Bertz CT molecular complexity index is 683. The van der Waals surface area contributed by atoms with Crippen molar-refractivity contribution in [1.29, 1.82) is 0 Å². The van der Waals surface area contributed by atoms with Crippen LogP contribution in [0.1, 0.15) is 0 Å². The third kappa shape index (κ3) is 2.33. The highest BCUT2D eigenvalue weighted by atomic mass is 32.2. The van der Waals surface area contributed by atoms with E-state index in [4.69, 9.17) is 0 Å². The van der Waals surface area contributed by atoms with E-state index in [0.29, 0.717) is 0 Å². The standard InChI is InChI=1S/C14H9FN2S/c15-10-5-7-11(8-6-10)18-14-9-16-12-3-1-2-4-13(12)17-14/h1-9H. The van der Waals surface area contributed by atoms with E-state index in [0.717, 1.165) is 21.0 Å². The van der Waals surface area contributed by atoms with Crippen LogP contribution in [0.5, 0.6) is 0 Å². The summed E-state index contributed by atoms with van der Waals surface area (Å²) in [5.41, 5.74) is 1.74. The molecule has 0 N–H and O–H groups in total. The molecule has 0 unspecified atom stereocenters. The van der Waals surface area contributed by atoms with Crippen LogP contribution in [-0.4, -0.2) is 9.97 Å². The Hall–Kier alpha value is -1.94. The van der Waals surface area contributed by atoms with Crippen LogP contribution in [0.3, 0.4) is 0 Å². The fourth-order valence-electron chi connectivity index (χ4n) is 1.61. The molecule has 0 saturated carbocycles. The molecule has 0 bridgehead atoms. The van der Waals surface area contributed by atoms with Gasteiger partial charge < -0.3 is 0 Å². The molecule has 18 heavy (non-hydrogen) atoms. The number of aromatic nitrogens is 2. The zero-order valence-corrected chi connectivity index (χ0v) is 10.2. The topological polar surface area (TPSA) is 25.8 Å². The van der Waals surface area contributed by atoms with Gasteiger partial charge in [-0.15, -0.1) is 0 Å². The van der Waals surface area contributed by atoms with Crippen molar-refractivity contribution in [1.82, 2.24) is 9.97 Å². The Kier molecular flexibility index (Phi) is 2.94. The SMILES string of the molecule is Fc1ccc(Sc2cnc3ccccc3n2)cc1. The van der Waals surface area contributed by atoms with Crippen LogP contribution in [0.2, 0.25) is 0 Å². The van der Waals surface area contributed by atoms with E-state index in [1.807, 2.05) is 24.3 Å². The Morgan fingerprint density at radius 2 is 1.61 bits per heavy atom. The second-order valence-corrected chi connectivity index (χ2v) is 4.85. The molecule has 2 aromatic carbocycles. The molecule has 0 radical (unpaired) electrons. The van der Waals surface area contributed by atoms with Crippen molar-refractivity contribution < 1.29 is 4.39 Å². The van der Waals surface area contributed by atoms with Crippen molar-refractivity contribution in [2.24, 2.45) is 0 Å². The molecule has 0 amide bonds. The molecule has 4 heteroatoms. The van der Waals surface area contributed by atoms with Crippen molar-refractivity contribution in [3.63, 3.8) is 0 Å². The molecular weight excluding hydrogens is 247 g/mol. The number of fused-ring (bicyclic) bond motifs is 1. The fraction of sp³-hybridized carbons (Fsp3) is 0. The van der Waals surface area contributed by atoms with Gasteiger partial charge >= 0.3 is 0 Å². The largest absolute Gasteiger partial charge is 0.252 e. The number of halogens is 1. The second-order valence-electron chi connectivity index (χ2n) is 3.75. The monoisotopic (exact) mass is 256 g/mol. The lowest BCUT2D eigenvalue weighted by molar-refractivity contribution is 0.626. The summed E-state index contributed by atoms with van der Waals surface area (Å²) < 4.78 is 12.8. The highest BCUT2D eigenvalue weighted by Crippen LogP contribution is 2.26. The van der Waals surface area contributed by atoms with Gasteiger partial charge in [-0.1, -0.05) is 23.9 Å². The van der Waals surface area contributed by atoms with Crippen molar-refractivity contribution in [2.75, 3.05) is 0 Å². The molecule has 3 rings (SSSR count). The Labute approximate surface area is 108 Å². The van der Waals surface area contributed by atoms with Gasteiger partial charge in [0, 0.05) is 4.90 Å². The quantitative estimate of drug-likeness (QED) is 0.695. The molecule has 0 aliphatic rings. The van der Waals surface area contributed by atoms with E-state index >= 15 is 0 Å². The van der Waals surface area contributed by atoms with Crippen LogP contribution in [0.25, 0.3) is 11.0 Å². The van der Waals surface area contributed by atoms with Gasteiger partial charge in [-0.3, -0.25) is 4.98 Å². The molecule has 88 valence electrons. The third-order valence-corrected chi connectivity index (χ3v) is 3.38. The van der Waals surface area contributed by atoms with Gasteiger partial charge in [0.2, 0.25) is 0 Å². The van der Waals surface area contributed by atoms with Crippen LogP contribution >= 0.6 is 11.8 Å². The summed E-state index contributed by atoms with van der Waals surface area (Å²) in [5.74, 6) is -0.232. The van der Waals surface area contributed by atoms with Crippen molar-refractivity contribution >= 4 is 22.8 Å². The van der Waals surface area contributed by atoms with E-state index in [9.17, 15) is 4.39 Å². The highest BCUT2D eigenvalue weighted by Gasteiger charge is 2.02. The van der Waals surface area contributed by atoms with Gasteiger partial charge in [0.1, 0.15) is 10.8 Å². The first-order valence-corrected chi connectivity index (χ1v) is 6.28. The Morgan fingerprint density at radius 3 is 2.39 bits per heavy atom. The number of hydrogen-bond acceptors (Lipinski definition) is 3. The molecular formula is C14H9FN2S. The summed E-state index contributed by atoms with van der Waals surface area (Å²) in [4.78, 5) is 9.78. The summed E-state index contributed by atoms with van der Waals surface area (Å²) in [5, 5.41) is 0.806. The van der Waals surface area contributed by atoms with Crippen molar-refractivity contribution in [3.05, 3.63) is 60.5 Å². The Balaban J connectivity index is 1.92. The van der Waals surface area contributed by atoms with Crippen LogP contribution in [-0.2, 0) is 0 Å². The minimum absolute atomic E-state index is 0.232. The molecule has 0 aliphatic heterocycles. The number of rotatable bonds is 2. The second kappa shape index (κ2) is 4.74. The summed E-state index contributed by atoms with van der Waals surface area (Å²) in [6.07, 6.45) is 1.73. The van der Waals surface area contributed by atoms with Crippen LogP contribution < -0.4 is 0 Å². The summed E-state index contributed by atoms with van der Waals surface area (Å²) in [6.45, 7) is 0. The smallest absolute Gasteiger partial charge is 0.123 e. The predicted octanol–water partition coefficient (Wildman–Crippen LogP) is 3.92. The van der Waals surface area contributed by atoms with Gasteiger partial charge in [-0.25, -0.2) is 9.37 Å². The lowest BCUT2D eigenvalue weighted by Gasteiger charge is -2.02. The first-order valence-electron chi connectivity index (χ1n) is 5.46. The molecule has 0 spiro atoms. The first kappa shape index (κ1) is 11.2. The van der Waals surface area contributed by atoms with Gasteiger partial charge in [0.25, 0.3) is 0 Å². The number of nitrogens with zero attached hydrogens (tertiary/aromatic N) is 2. The molecule has 3 aromatic rings. The fourth-order valence-corrected chi connectivity index (χ4v) is 2.38.